The summed E-state index contributed by atoms with van der Waals surface area (Å²) in [6.45, 7) is -0.115. The van der Waals surface area contributed by atoms with Crippen molar-refractivity contribution in [2.75, 3.05) is 0 Å². The molecular weight excluding hydrogens is 292 g/mol. The molecule has 1 amide bonds. The van der Waals surface area contributed by atoms with Gasteiger partial charge in [-0.25, -0.2) is 4.98 Å². The van der Waals surface area contributed by atoms with Crippen molar-refractivity contribution in [3.05, 3.63) is 30.1 Å². The van der Waals surface area contributed by atoms with Crippen molar-refractivity contribution in [3.63, 3.8) is 0 Å². The molecule has 7 heteroatoms. The third-order valence-electron chi connectivity index (χ3n) is 4.34. The van der Waals surface area contributed by atoms with E-state index in [4.69, 9.17) is 0 Å². The number of nitrogens with one attached hydrogen (secondary N) is 1. The molecule has 0 bridgehead atoms. The van der Waals surface area contributed by atoms with Crippen LogP contribution in [0.2, 0.25) is 0 Å². The largest absolute Gasteiger partial charge is 0.383 e. The van der Waals surface area contributed by atoms with Crippen molar-refractivity contribution in [2.45, 2.75) is 37.3 Å². The maximum atomic E-state index is 14.0. The van der Waals surface area contributed by atoms with Crippen LogP contribution in [-0.2, 0) is 18.4 Å². The molecular formula is C15H17F2N3O2. The first-order valence-corrected chi connectivity index (χ1v) is 7.14. The highest BCUT2D eigenvalue weighted by molar-refractivity contribution is 5.85. The van der Waals surface area contributed by atoms with Crippen molar-refractivity contribution in [1.82, 2.24) is 14.9 Å². The molecule has 0 aliphatic heterocycles. The van der Waals surface area contributed by atoms with Crippen LogP contribution in [-0.4, -0.2) is 32.1 Å². The van der Waals surface area contributed by atoms with Gasteiger partial charge in [-0.1, -0.05) is 12.1 Å². The summed E-state index contributed by atoms with van der Waals surface area (Å²) in [5.74, 6) is -4.76. The number of hydrogen-bond acceptors (Lipinski definition) is 3. The van der Waals surface area contributed by atoms with Crippen molar-refractivity contribution in [1.29, 1.82) is 0 Å². The Bertz CT molecular complexity index is 723. The molecule has 5 nitrogen and oxygen atoms in total. The number of alkyl halides is 2. The maximum Gasteiger partial charge on any atom is 0.352 e. The number of nitrogens with zero attached hydrogens (tertiary/aromatic N) is 2. The minimum absolute atomic E-state index is 0.0558. The fourth-order valence-corrected chi connectivity index (χ4v) is 2.66. The van der Waals surface area contributed by atoms with Gasteiger partial charge >= 0.3 is 5.92 Å². The Morgan fingerprint density at radius 2 is 2.14 bits per heavy atom. The second-order valence-corrected chi connectivity index (χ2v) is 5.72. The topological polar surface area (TPSA) is 67.2 Å². The van der Waals surface area contributed by atoms with E-state index in [1.165, 1.54) is 0 Å². The number of carbonyl (C=O) groups excluding carboxylic acids is 1. The number of rotatable bonds is 4. The standard InChI is InChI=1S/C15H17F2N3O2/c1-20-11-6-3-2-5-10(11)19-12(20)9-18-13(21)15(16,17)14(22)7-4-8-14/h2-3,5-6,22H,4,7-9H2,1H3,(H,18,21). The van der Waals surface area contributed by atoms with E-state index < -0.39 is 17.4 Å². The summed E-state index contributed by atoms with van der Waals surface area (Å²) >= 11 is 0. The zero-order valence-electron chi connectivity index (χ0n) is 12.1. The van der Waals surface area contributed by atoms with Crippen LogP contribution in [0.3, 0.4) is 0 Å². The van der Waals surface area contributed by atoms with Crippen molar-refractivity contribution < 1.29 is 18.7 Å². The van der Waals surface area contributed by atoms with E-state index in [-0.39, 0.29) is 19.4 Å². The van der Waals surface area contributed by atoms with Gasteiger partial charge in [0.2, 0.25) is 0 Å². The lowest BCUT2D eigenvalue weighted by atomic mass is 9.75. The van der Waals surface area contributed by atoms with E-state index in [0.29, 0.717) is 12.2 Å². The summed E-state index contributed by atoms with van der Waals surface area (Å²) in [6, 6.07) is 7.36. The minimum atomic E-state index is -3.78. The number of imidazole rings is 1. The molecule has 2 N–H and O–H groups in total. The van der Waals surface area contributed by atoms with E-state index in [0.717, 1.165) is 11.0 Å². The van der Waals surface area contributed by atoms with Crippen LogP contribution in [0.1, 0.15) is 25.1 Å². The molecule has 118 valence electrons. The fourth-order valence-electron chi connectivity index (χ4n) is 2.66. The average Bonchev–Trinajstić information content (AvgIpc) is 2.79. The molecule has 1 aliphatic carbocycles. The fraction of sp³-hybridized carbons (Fsp3) is 0.467. The molecule has 1 aliphatic rings. The summed E-state index contributed by atoms with van der Waals surface area (Å²) in [7, 11) is 1.76. The smallest absolute Gasteiger partial charge is 0.352 e. The molecule has 0 spiro atoms. The molecule has 22 heavy (non-hydrogen) atoms. The van der Waals surface area contributed by atoms with Gasteiger partial charge in [-0.15, -0.1) is 0 Å². The highest BCUT2D eigenvalue weighted by Gasteiger charge is 2.61. The lowest BCUT2D eigenvalue weighted by Gasteiger charge is -2.41. The Balaban J connectivity index is 1.74. The molecule has 1 fully saturated rings. The van der Waals surface area contributed by atoms with E-state index in [1.807, 2.05) is 24.3 Å². The monoisotopic (exact) mass is 309 g/mol. The lowest BCUT2D eigenvalue weighted by Crippen LogP contribution is -2.60. The second kappa shape index (κ2) is 5.01. The van der Waals surface area contributed by atoms with E-state index in [9.17, 15) is 18.7 Å². The minimum Gasteiger partial charge on any atom is -0.383 e. The third kappa shape index (κ3) is 2.16. The molecule has 0 unspecified atom stereocenters. The SMILES string of the molecule is Cn1c(CNC(=O)C(F)(F)C2(O)CCC2)nc2ccccc21. The highest BCUT2D eigenvalue weighted by Crippen LogP contribution is 2.44. The summed E-state index contributed by atoms with van der Waals surface area (Å²) < 4.78 is 29.7. The second-order valence-electron chi connectivity index (χ2n) is 5.72. The molecule has 1 aromatic carbocycles. The molecule has 1 aromatic heterocycles. The van der Waals surface area contributed by atoms with Crippen LogP contribution < -0.4 is 5.32 Å². The van der Waals surface area contributed by atoms with Crippen molar-refractivity contribution >= 4 is 16.9 Å². The Morgan fingerprint density at radius 1 is 1.45 bits per heavy atom. The van der Waals surface area contributed by atoms with Crippen molar-refractivity contribution in [3.8, 4) is 0 Å². The molecule has 0 atom stereocenters. The maximum absolute atomic E-state index is 14.0. The van der Waals surface area contributed by atoms with Crippen LogP contribution in [0.5, 0.6) is 0 Å². The molecule has 1 heterocycles. The van der Waals surface area contributed by atoms with E-state index >= 15 is 0 Å². The van der Waals surface area contributed by atoms with Crippen molar-refractivity contribution in [2.24, 2.45) is 7.05 Å². The molecule has 1 saturated carbocycles. The van der Waals surface area contributed by atoms with E-state index in [1.54, 1.807) is 11.6 Å². The number of hydrogen-bond donors (Lipinski definition) is 2. The summed E-state index contributed by atoms with van der Waals surface area (Å²) in [5, 5.41) is 11.9. The molecule has 2 aromatic rings. The number of halogens is 2. The first-order valence-electron chi connectivity index (χ1n) is 7.14. The first-order chi connectivity index (χ1) is 10.3. The number of amides is 1. The number of para-hydroxylation sites is 2. The van der Waals surface area contributed by atoms with Gasteiger partial charge in [-0.05, 0) is 31.4 Å². The van der Waals surface area contributed by atoms with Gasteiger partial charge in [0.15, 0.2) is 0 Å². The Kier molecular flexibility index (Phi) is 3.40. The molecule has 0 saturated heterocycles. The summed E-state index contributed by atoms with van der Waals surface area (Å²) in [6.07, 6.45) is 0.392. The van der Waals surface area contributed by atoms with Crippen LogP contribution >= 0.6 is 0 Å². The van der Waals surface area contributed by atoms with Gasteiger partial charge < -0.3 is 15.0 Å². The Hall–Kier alpha value is -2.02. The lowest BCUT2D eigenvalue weighted by molar-refractivity contribution is -0.216. The van der Waals surface area contributed by atoms with Crippen LogP contribution in [0.4, 0.5) is 8.78 Å². The number of aliphatic hydroxyl groups is 1. The van der Waals surface area contributed by atoms with E-state index in [2.05, 4.69) is 10.3 Å². The van der Waals surface area contributed by atoms with Crippen LogP contribution in [0.25, 0.3) is 11.0 Å². The number of aromatic nitrogens is 2. The van der Waals surface area contributed by atoms with Gasteiger partial charge in [0.25, 0.3) is 5.91 Å². The quantitative estimate of drug-likeness (QED) is 0.904. The number of fused-ring (bicyclic) bond motifs is 1. The van der Waals surface area contributed by atoms with Gasteiger partial charge in [-0.3, -0.25) is 4.79 Å². The Labute approximate surface area is 126 Å². The van der Waals surface area contributed by atoms with Gasteiger partial charge in [0.05, 0.1) is 17.6 Å². The van der Waals surface area contributed by atoms with Crippen LogP contribution in [0, 0.1) is 0 Å². The number of aryl methyl sites for hydroxylation is 1. The van der Waals surface area contributed by atoms with Gasteiger partial charge in [-0.2, -0.15) is 8.78 Å². The number of benzene rings is 1. The summed E-state index contributed by atoms with van der Waals surface area (Å²) in [5.41, 5.74) is -0.613. The zero-order chi connectivity index (χ0) is 16.0. The third-order valence-corrected chi connectivity index (χ3v) is 4.34. The predicted molar refractivity (Wildman–Crippen MR) is 76.3 cm³/mol. The Morgan fingerprint density at radius 3 is 2.73 bits per heavy atom. The highest BCUT2D eigenvalue weighted by atomic mass is 19.3. The van der Waals surface area contributed by atoms with Gasteiger partial charge in [0.1, 0.15) is 11.4 Å². The van der Waals surface area contributed by atoms with Crippen LogP contribution in [0.15, 0.2) is 24.3 Å². The average molecular weight is 309 g/mol. The number of carbonyl (C=O) groups is 1. The molecule has 0 radical (unpaired) electrons. The first kappa shape index (κ1) is 14.9. The molecule has 3 rings (SSSR count). The normalized spacial score (nSPS) is 17.3. The predicted octanol–water partition coefficient (Wildman–Crippen LogP) is 1.74. The summed E-state index contributed by atoms with van der Waals surface area (Å²) in [4.78, 5) is 16.0. The van der Waals surface area contributed by atoms with Gasteiger partial charge in [0, 0.05) is 7.05 Å². The zero-order valence-corrected chi connectivity index (χ0v) is 12.1.